The first kappa shape index (κ1) is 11.2. The van der Waals surface area contributed by atoms with Crippen LogP contribution < -0.4 is 11.1 Å². The Kier molecular flexibility index (Phi) is 4.06. The van der Waals surface area contributed by atoms with E-state index < -0.39 is 6.10 Å². The van der Waals surface area contributed by atoms with Gasteiger partial charge in [-0.05, 0) is 6.92 Å². The van der Waals surface area contributed by atoms with E-state index in [-0.39, 0.29) is 6.04 Å². The van der Waals surface area contributed by atoms with Crippen molar-refractivity contribution in [1.82, 2.24) is 9.97 Å². The lowest BCUT2D eigenvalue weighted by Gasteiger charge is -2.14. The first-order chi connectivity index (χ1) is 6.59. The minimum absolute atomic E-state index is 0.339. The molecule has 0 aliphatic carbocycles. The average Bonchev–Trinajstić information content (AvgIpc) is 2.16. The van der Waals surface area contributed by atoms with Gasteiger partial charge in [-0.3, -0.25) is 0 Å². The van der Waals surface area contributed by atoms with E-state index in [0.717, 1.165) is 0 Å². The minimum atomic E-state index is -0.560. The van der Waals surface area contributed by atoms with Gasteiger partial charge in [0, 0.05) is 12.6 Å². The van der Waals surface area contributed by atoms with Crippen molar-refractivity contribution in [3.63, 3.8) is 0 Å². The Morgan fingerprint density at radius 1 is 1.57 bits per heavy atom. The number of aliphatic hydroxyl groups excluding tert-OH is 1. The van der Waals surface area contributed by atoms with Crippen molar-refractivity contribution >= 4 is 17.5 Å². The van der Waals surface area contributed by atoms with Crippen molar-refractivity contribution in [3.05, 3.63) is 17.4 Å². The quantitative estimate of drug-likeness (QED) is 0.672. The topological polar surface area (TPSA) is 84.1 Å². The first-order valence-electron chi connectivity index (χ1n) is 4.24. The Balaban J connectivity index is 2.42. The van der Waals surface area contributed by atoms with Crippen molar-refractivity contribution in [3.8, 4) is 0 Å². The molecule has 0 radical (unpaired) electrons. The second kappa shape index (κ2) is 5.09. The van der Waals surface area contributed by atoms with Gasteiger partial charge in [0.2, 0.25) is 5.95 Å². The maximum atomic E-state index is 9.12. The van der Waals surface area contributed by atoms with Gasteiger partial charge in [-0.15, -0.1) is 0 Å². The van der Waals surface area contributed by atoms with Crippen LogP contribution in [0.15, 0.2) is 12.4 Å². The van der Waals surface area contributed by atoms with E-state index in [0.29, 0.717) is 17.5 Å². The Morgan fingerprint density at radius 2 is 2.14 bits per heavy atom. The van der Waals surface area contributed by atoms with Gasteiger partial charge in [-0.2, -0.15) is 0 Å². The standard InChI is InChI=1S/C8H13ClN4O/c1-5(14)7(10)4-13-8-11-2-6(9)3-12-8/h2-3,5,7,14H,4,10H2,1H3,(H,11,12,13). The maximum Gasteiger partial charge on any atom is 0.222 e. The fourth-order valence-electron chi connectivity index (χ4n) is 0.783. The average molecular weight is 217 g/mol. The van der Waals surface area contributed by atoms with Crippen LogP contribution in [0.5, 0.6) is 0 Å². The number of hydrogen-bond acceptors (Lipinski definition) is 5. The third-order valence-electron chi connectivity index (χ3n) is 1.74. The molecule has 0 saturated heterocycles. The SMILES string of the molecule is CC(O)C(N)CNc1ncc(Cl)cn1. The molecule has 2 atom stereocenters. The summed E-state index contributed by atoms with van der Waals surface area (Å²) in [6.45, 7) is 2.05. The van der Waals surface area contributed by atoms with Gasteiger partial charge in [0.15, 0.2) is 0 Å². The fraction of sp³-hybridized carbons (Fsp3) is 0.500. The van der Waals surface area contributed by atoms with Crippen LogP contribution in [0.4, 0.5) is 5.95 Å². The van der Waals surface area contributed by atoms with E-state index in [1.807, 2.05) is 0 Å². The highest BCUT2D eigenvalue weighted by atomic mass is 35.5. The van der Waals surface area contributed by atoms with Crippen LogP contribution >= 0.6 is 11.6 Å². The van der Waals surface area contributed by atoms with E-state index in [2.05, 4.69) is 15.3 Å². The van der Waals surface area contributed by atoms with Crippen LogP contribution in [0.25, 0.3) is 0 Å². The van der Waals surface area contributed by atoms with Gasteiger partial charge in [0.05, 0.1) is 23.5 Å². The number of hydrogen-bond donors (Lipinski definition) is 3. The smallest absolute Gasteiger partial charge is 0.222 e. The molecular weight excluding hydrogens is 204 g/mol. The van der Waals surface area contributed by atoms with Gasteiger partial charge in [-0.1, -0.05) is 11.6 Å². The van der Waals surface area contributed by atoms with Crippen LogP contribution in [0, 0.1) is 0 Å². The number of halogens is 1. The van der Waals surface area contributed by atoms with Crippen LogP contribution in [0.1, 0.15) is 6.92 Å². The molecule has 1 aromatic heterocycles. The first-order valence-corrected chi connectivity index (χ1v) is 4.62. The van der Waals surface area contributed by atoms with E-state index >= 15 is 0 Å². The molecule has 0 amide bonds. The van der Waals surface area contributed by atoms with Crippen molar-refractivity contribution in [2.75, 3.05) is 11.9 Å². The van der Waals surface area contributed by atoms with Crippen molar-refractivity contribution < 1.29 is 5.11 Å². The predicted molar refractivity (Wildman–Crippen MR) is 55.2 cm³/mol. The van der Waals surface area contributed by atoms with Gasteiger partial charge < -0.3 is 16.2 Å². The third kappa shape index (κ3) is 3.45. The Labute approximate surface area is 87.3 Å². The second-order valence-electron chi connectivity index (χ2n) is 3.01. The highest BCUT2D eigenvalue weighted by molar-refractivity contribution is 6.30. The Hall–Kier alpha value is -0.910. The van der Waals surface area contributed by atoms with Crippen LogP contribution in [0.3, 0.4) is 0 Å². The molecule has 0 spiro atoms. The molecule has 0 fully saturated rings. The molecule has 6 heteroatoms. The molecule has 78 valence electrons. The normalized spacial score (nSPS) is 14.9. The van der Waals surface area contributed by atoms with Crippen LogP contribution in [-0.4, -0.2) is 33.8 Å². The maximum absolute atomic E-state index is 9.12. The minimum Gasteiger partial charge on any atom is -0.392 e. The van der Waals surface area contributed by atoms with Crippen molar-refractivity contribution in [2.24, 2.45) is 5.73 Å². The molecular formula is C8H13ClN4O. The summed E-state index contributed by atoms with van der Waals surface area (Å²) in [5.74, 6) is 0.450. The highest BCUT2D eigenvalue weighted by Gasteiger charge is 2.08. The third-order valence-corrected chi connectivity index (χ3v) is 1.93. The lowest BCUT2D eigenvalue weighted by molar-refractivity contribution is 0.168. The number of aromatic nitrogens is 2. The van der Waals surface area contributed by atoms with E-state index in [4.69, 9.17) is 22.4 Å². The summed E-state index contributed by atoms with van der Waals surface area (Å²) in [4.78, 5) is 7.84. The summed E-state index contributed by atoms with van der Waals surface area (Å²) >= 11 is 5.61. The molecule has 0 aliphatic heterocycles. The zero-order valence-electron chi connectivity index (χ0n) is 7.81. The number of anilines is 1. The number of nitrogens with two attached hydrogens (primary N) is 1. The van der Waals surface area contributed by atoms with Crippen molar-refractivity contribution in [1.29, 1.82) is 0 Å². The van der Waals surface area contributed by atoms with Gasteiger partial charge in [-0.25, -0.2) is 9.97 Å². The monoisotopic (exact) mass is 216 g/mol. The largest absolute Gasteiger partial charge is 0.392 e. The summed E-state index contributed by atoms with van der Waals surface area (Å²) in [5.41, 5.74) is 5.60. The lowest BCUT2D eigenvalue weighted by atomic mass is 10.2. The van der Waals surface area contributed by atoms with Crippen LogP contribution in [-0.2, 0) is 0 Å². The summed E-state index contributed by atoms with van der Waals surface area (Å²) < 4.78 is 0. The molecule has 1 rings (SSSR count). The van der Waals surface area contributed by atoms with Crippen LogP contribution in [0.2, 0.25) is 5.02 Å². The molecule has 14 heavy (non-hydrogen) atoms. The molecule has 5 nitrogen and oxygen atoms in total. The number of nitrogens with zero attached hydrogens (tertiary/aromatic N) is 2. The molecule has 2 unspecified atom stereocenters. The molecule has 1 aromatic rings. The fourth-order valence-corrected chi connectivity index (χ4v) is 0.881. The number of rotatable bonds is 4. The van der Waals surface area contributed by atoms with E-state index in [1.165, 1.54) is 12.4 Å². The molecule has 4 N–H and O–H groups in total. The molecule has 0 bridgehead atoms. The molecule has 0 saturated carbocycles. The zero-order chi connectivity index (χ0) is 10.6. The zero-order valence-corrected chi connectivity index (χ0v) is 8.57. The predicted octanol–water partition coefficient (Wildman–Crippen LogP) is 0.250. The summed E-state index contributed by atoms with van der Waals surface area (Å²) in [6.07, 6.45) is 2.42. The van der Waals surface area contributed by atoms with E-state index in [9.17, 15) is 0 Å². The summed E-state index contributed by atoms with van der Waals surface area (Å²) in [6, 6.07) is -0.339. The van der Waals surface area contributed by atoms with Gasteiger partial charge in [0.25, 0.3) is 0 Å². The van der Waals surface area contributed by atoms with Gasteiger partial charge >= 0.3 is 0 Å². The summed E-state index contributed by atoms with van der Waals surface area (Å²) in [5, 5.41) is 12.5. The Morgan fingerprint density at radius 3 is 2.64 bits per heavy atom. The van der Waals surface area contributed by atoms with E-state index in [1.54, 1.807) is 6.92 Å². The lowest BCUT2D eigenvalue weighted by Crippen LogP contribution is -2.38. The molecule has 0 aromatic carbocycles. The van der Waals surface area contributed by atoms with Crippen molar-refractivity contribution in [2.45, 2.75) is 19.1 Å². The number of aliphatic hydroxyl groups is 1. The summed E-state index contributed by atoms with van der Waals surface area (Å²) in [7, 11) is 0. The molecule has 0 aliphatic rings. The molecule has 1 heterocycles. The highest BCUT2D eigenvalue weighted by Crippen LogP contribution is 2.05. The number of nitrogens with one attached hydrogen (secondary N) is 1. The second-order valence-corrected chi connectivity index (χ2v) is 3.45. The Bertz CT molecular complexity index is 277. The van der Waals surface area contributed by atoms with Gasteiger partial charge in [0.1, 0.15) is 0 Å².